The molecule has 0 aliphatic rings. The third-order valence-corrected chi connectivity index (χ3v) is 3.62. The molecule has 0 N–H and O–H groups in total. The second-order valence-electron chi connectivity index (χ2n) is 4.10. The minimum Gasteiger partial charge on any atom is -0.228 e. The lowest BCUT2D eigenvalue weighted by Gasteiger charge is -2.07. The van der Waals surface area contributed by atoms with Crippen LogP contribution in [0.4, 0.5) is 4.39 Å². The molecule has 100 valence electrons. The highest BCUT2D eigenvalue weighted by atomic mass is 35.5. The van der Waals surface area contributed by atoms with E-state index in [9.17, 15) is 4.39 Å². The number of hydrogen-bond donors (Lipinski definition) is 0. The Hall–Kier alpha value is -1.42. The molecule has 0 aliphatic carbocycles. The van der Waals surface area contributed by atoms with Gasteiger partial charge in [0.15, 0.2) is 5.82 Å². The number of aromatic nitrogens is 2. The van der Waals surface area contributed by atoms with Crippen LogP contribution in [-0.2, 0) is 0 Å². The van der Waals surface area contributed by atoms with Crippen molar-refractivity contribution in [3.8, 4) is 11.4 Å². The van der Waals surface area contributed by atoms with Gasteiger partial charge in [-0.25, -0.2) is 14.4 Å². The van der Waals surface area contributed by atoms with Gasteiger partial charge >= 0.3 is 0 Å². The highest BCUT2D eigenvalue weighted by Crippen LogP contribution is 2.31. The first kappa shape index (κ1) is 13.6. The average molecular weight is 328 g/mol. The molecule has 0 unspecified atom stereocenters. The van der Waals surface area contributed by atoms with E-state index in [2.05, 4.69) is 9.97 Å². The van der Waals surface area contributed by atoms with Crippen LogP contribution in [0.1, 0.15) is 0 Å². The van der Waals surface area contributed by atoms with Gasteiger partial charge in [0.2, 0.25) is 0 Å². The third kappa shape index (κ3) is 2.33. The van der Waals surface area contributed by atoms with Gasteiger partial charge < -0.3 is 0 Å². The maximum Gasteiger partial charge on any atom is 0.162 e. The summed E-state index contributed by atoms with van der Waals surface area (Å²) in [5.41, 5.74) is 1.01. The first-order valence-electron chi connectivity index (χ1n) is 5.63. The van der Waals surface area contributed by atoms with E-state index in [-0.39, 0.29) is 10.5 Å². The number of nitrogens with zero attached hydrogens (tertiary/aromatic N) is 2. The Morgan fingerprint density at radius 1 is 0.950 bits per heavy atom. The van der Waals surface area contributed by atoms with Crippen molar-refractivity contribution in [2.75, 3.05) is 0 Å². The Kier molecular flexibility index (Phi) is 3.50. The normalized spacial score (nSPS) is 11.0. The van der Waals surface area contributed by atoms with Gasteiger partial charge in [0.1, 0.15) is 11.0 Å². The smallest absolute Gasteiger partial charge is 0.162 e. The van der Waals surface area contributed by atoms with Crippen LogP contribution in [-0.4, -0.2) is 9.97 Å². The topological polar surface area (TPSA) is 25.8 Å². The van der Waals surface area contributed by atoms with E-state index >= 15 is 0 Å². The maximum atomic E-state index is 13.7. The molecule has 6 heteroatoms. The predicted octanol–water partition coefficient (Wildman–Crippen LogP) is 5.40. The summed E-state index contributed by atoms with van der Waals surface area (Å²) in [4.78, 5) is 8.40. The molecule has 0 aliphatic heterocycles. The standard InChI is InChI=1S/C14H6Cl3FN2/c15-7-4-5-8(9(16)6-7)14-19-11-3-1-2-10(18)12(11)13(17)20-14/h1-6H. The molecule has 0 amide bonds. The molecule has 0 bridgehead atoms. The molecule has 0 radical (unpaired) electrons. The molecular formula is C14H6Cl3FN2. The van der Waals surface area contributed by atoms with Crippen LogP contribution < -0.4 is 0 Å². The first-order chi connectivity index (χ1) is 9.56. The van der Waals surface area contributed by atoms with Gasteiger partial charge in [0.05, 0.1) is 15.9 Å². The molecule has 0 fully saturated rings. The van der Waals surface area contributed by atoms with Crippen LogP contribution in [0.5, 0.6) is 0 Å². The summed E-state index contributed by atoms with van der Waals surface area (Å²) in [5, 5.41) is 1.16. The van der Waals surface area contributed by atoms with E-state index < -0.39 is 5.82 Å². The van der Waals surface area contributed by atoms with E-state index in [1.807, 2.05) is 0 Å². The Morgan fingerprint density at radius 3 is 2.50 bits per heavy atom. The lowest BCUT2D eigenvalue weighted by molar-refractivity contribution is 0.639. The van der Waals surface area contributed by atoms with E-state index in [1.165, 1.54) is 6.07 Å². The van der Waals surface area contributed by atoms with Crippen molar-refractivity contribution in [3.63, 3.8) is 0 Å². The fourth-order valence-electron chi connectivity index (χ4n) is 1.89. The van der Waals surface area contributed by atoms with E-state index in [0.29, 0.717) is 26.9 Å². The van der Waals surface area contributed by atoms with Crippen LogP contribution >= 0.6 is 34.8 Å². The van der Waals surface area contributed by atoms with Gasteiger partial charge in [-0.3, -0.25) is 0 Å². The predicted molar refractivity (Wildman–Crippen MR) is 80.0 cm³/mol. The Bertz CT molecular complexity index is 821. The monoisotopic (exact) mass is 326 g/mol. The Morgan fingerprint density at radius 2 is 1.75 bits per heavy atom. The molecule has 2 nitrogen and oxygen atoms in total. The van der Waals surface area contributed by atoms with Crippen molar-refractivity contribution in [1.82, 2.24) is 9.97 Å². The van der Waals surface area contributed by atoms with Gasteiger partial charge in [0, 0.05) is 10.6 Å². The zero-order valence-electron chi connectivity index (χ0n) is 9.87. The van der Waals surface area contributed by atoms with Crippen LogP contribution in [0, 0.1) is 5.82 Å². The highest BCUT2D eigenvalue weighted by Gasteiger charge is 2.13. The summed E-state index contributed by atoms with van der Waals surface area (Å²) in [6, 6.07) is 9.50. The molecule has 2 aromatic carbocycles. The molecular weight excluding hydrogens is 322 g/mol. The number of rotatable bonds is 1. The van der Waals surface area contributed by atoms with Gasteiger partial charge in [-0.2, -0.15) is 0 Å². The second kappa shape index (κ2) is 5.17. The molecule has 20 heavy (non-hydrogen) atoms. The number of benzene rings is 2. The van der Waals surface area contributed by atoms with E-state index in [4.69, 9.17) is 34.8 Å². The van der Waals surface area contributed by atoms with Crippen molar-refractivity contribution in [3.05, 3.63) is 57.4 Å². The highest BCUT2D eigenvalue weighted by molar-refractivity contribution is 6.36. The molecule has 0 atom stereocenters. The summed E-state index contributed by atoms with van der Waals surface area (Å²) in [6.45, 7) is 0. The molecule has 3 rings (SSSR count). The van der Waals surface area contributed by atoms with E-state index in [1.54, 1.807) is 30.3 Å². The fourth-order valence-corrected chi connectivity index (χ4v) is 2.65. The quantitative estimate of drug-likeness (QED) is 0.560. The largest absolute Gasteiger partial charge is 0.228 e. The fraction of sp³-hybridized carbons (Fsp3) is 0. The molecule has 3 aromatic rings. The average Bonchev–Trinajstić information content (AvgIpc) is 2.38. The second-order valence-corrected chi connectivity index (χ2v) is 5.30. The number of fused-ring (bicyclic) bond motifs is 1. The SMILES string of the molecule is Fc1cccc2nc(-c3ccc(Cl)cc3Cl)nc(Cl)c12. The lowest BCUT2D eigenvalue weighted by atomic mass is 10.2. The van der Waals surface area contributed by atoms with Gasteiger partial charge in [-0.15, -0.1) is 0 Å². The van der Waals surface area contributed by atoms with Crippen molar-refractivity contribution in [2.24, 2.45) is 0 Å². The van der Waals surface area contributed by atoms with Crippen molar-refractivity contribution >= 4 is 45.7 Å². The molecule has 0 spiro atoms. The summed E-state index contributed by atoms with van der Waals surface area (Å²) >= 11 is 18.0. The zero-order valence-corrected chi connectivity index (χ0v) is 12.1. The summed E-state index contributed by atoms with van der Waals surface area (Å²) < 4.78 is 13.7. The van der Waals surface area contributed by atoms with Gasteiger partial charge in [0.25, 0.3) is 0 Å². The Labute approximate surface area is 129 Å². The first-order valence-corrected chi connectivity index (χ1v) is 6.77. The van der Waals surface area contributed by atoms with E-state index in [0.717, 1.165) is 0 Å². The molecule has 1 heterocycles. The van der Waals surface area contributed by atoms with Crippen LogP contribution in [0.3, 0.4) is 0 Å². The lowest BCUT2D eigenvalue weighted by Crippen LogP contribution is -1.94. The van der Waals surface area contributed by atoms with Crippen LogP contribution in [0.2, 0.25) is 15.2 Å². The van der Waals surface area contributed by atoms with Gasteiger partial charge in [-0.1, -0.05) is 40.9 Å². The summed E-state index contributed by atoms with van der Waals surface area (Å²) in [5.74, 6) is -0.129. The van der Waals surface area contributed by atoms with Crippen molar-refractivity contribution in [1.29, 1.82) is 0 Å². The number of hydrogen-bond acceptors (Lipinski definition) is 2. The van der Waals surface area contributed by atoms with Crippen molar-refractivity contribution in [2.45, 2.75) is 0 Å². The van der Waals surface area contributed by atoms with Crippen molar-refractivity contribution < 1.29 is 4.39 Å². The summed E-state index contributed by atoms with van der Waals surface area (Å²) in [7, 11) is 0. The molecule has 0 saturated carbocycles. The summed E-state index contributed by atoms with van der Waals surface area (Å²) in [6.07, 6.45) is 0. The Balaban J connectivity index is 2.28. The number of halogens is 4. The zero-order chi connectivity index (χ0) is 14.3. The van der Waals surface area contributed by atoms with Crippen LogP contribution in [0.15, 0.2) is 36.4 Å². The minimum absolute atomic E-state index is 0.0501. The third-order valence-electron chi connectivity index (χ3n) is 2.80. The van der Waals surface area contributed by atoms with Gasteiger partial charge in [-0.05, 0) is 30.3 Å². The van der Waals surface area contributed by atoms with Crippen LogP contribution in [0.25, 0.3) is 22.3 Å². The maximum absolute atomic E-state index is 13.7. The molecule has 1 aromatic heterocycles. The molecule has 0 saturated heterocycles. The minimum atomic E-state index is -0.457.